The number of hydrogen-bond acceptors (Lipinski definition) is 6. The Morgan fingerprint density at radius 2 is 2.09 bits per heavy atom. The molecule has 7 nitrogen and oxygen atoms in total. The second-order valence-electron chi connectivity index (χ2n) is 4.54. The van der Waals surface area contributed by atoms with Gasteiger partial charge in [0.1, 0.15) is 17.5 Å². The van der Waals surface area contributed by atoms with Gasteiger partial charge in [0.05, 0.1) is 4.92 Å². The van der Waals surface area contributed by atoms with Crippen molar-refractivity contribution in [3.8, 4) is 17.2 Å². The van der Waals surface area contributed by atoms with Gasteiger partial charge in [0.2, 0.25) is 0 Å². The number of pyridine rings is 2. The zero-order chi connectivity index (χ0) is 15.7. The predicted molar refractivity (Wildman–Crippen MR) is 80.8 cm³/mol. The normalized spacial score (nSPS) is 10.3. The molecule has 0 spiro atoms. The third-order valence-electron chi connectivity index (χ3n) is 3.25. The Hall–Kier alpha value is -3.53. The van der Waals surface area contributed by atoms with Gasteiger partial charge in [-0.15, -0.1) is 0 Å². The minimum absolute atomic E-state index is 0.0511. The first-order chi connectivity index (χ1) is 10.6. The molecule has 2 aromatic heterocycles. The predicted octanol–water partition coefficient (Wildman–Crippen LogP) is 2.66. The molecule has 0 bridgehead atoms. The first-order valence-corrected chi connectivity index (χ1v) is 6.31. The molecule has 0 radical (unpaired) electrons. The van der Waals surface area contributed by atoms with Gasteiger partial charge in [0.25, 0.3) is 5.69 Å². The molecule has 0 unspecified atom stereocenters. The fourth-order valence-electron chi connectivity index (χ4n) is 2.30. The summed E-state index contributed by atoms with van der Waals surface area (Å²) in [6.45, 7) is 0. The third kappa shape index (κ3) is 2.09. The van der Waals surface area contributed by atoms with E-state index in [0.29, 0.717) is 22.2 Å². The molecule has 0 saturated heterocycles. The quantitative estimate of drug-likeness (QED) is 0.572. The lowest BCUT2D eigenvalue weighted by Gasteiger charge is -2.10. The molecule has 3 aromatic rings. The monoisotopic (exact) mass is 291 g/mol. The molecule has 1 aromatic carbocycles. The van der Waals surface area contributed by atoms with Crippen molar-refractivity contribution < 1.29 is 4.92 Å². The van der Waals surface area contributed by atoms with Gasteiger partial charge in [-0.2, -0.15) is 5.26 Å². The highest BCUT2D eigenvalue weighted by Crippen LogP contribution is 2.34. The molecule has 0 fully saturated rings. The smallest absolute Gasteiger partial charge is 0.270 e. The molecular weight excluding hydrogens is 282 g/mol. The fraction of sp³-hybridized carbons (Fsp3) is 0. The summed E-state index contributed by atoms with van der Waals surface area (Å²) in [7, 11) is 0. The lowest BCUT2D eigenvalue weighted by atomic mass is 9.97. The van der Waals surface area contributed by atoms with E-state index in [0.717, 1.165) is 0 Å². The largest absolute Gasteiger partial charge is 0.383 e. The lowest BCUT2D eigenvalue weighted by molar-refractivity contribution is -0.384. The van der Waals surface area contributed by atoms with Gasteiger partial charge in [-0.25, -0.2) is 9.97 Å². The highest BCUT2D eigenvalue weighted by molar-refractivity contribution is 5.98. The number of hydrogen-bond donors (Lipinski definition) is 1. The number of benzene rings is 1. The molecule has 106 valence electrons. The van der Waals surface area contributed by atoms with Gasteiger partial charge in [-0.1, -0.05) is 12.1 Å². The van der Waals surface area contributed by atoms with E-state index >= 15 is 0 Å². The summed E-state index contributed by atoms with van der Waals surface area (Å²) < 4.78 is 0. The molecule has 2 heterocycles. The van der Waals surface area contributed by atoms with Crippen LogP contribution in [0.5, 0.6) is 0 Å². The van der Waals surface area contributed by atoms with Crippen LogP contribution in [-0.2, 0) is 0 Å². The molecule has 7 heteroatoms. The van der Waals surface area contributed by atoms with Crippen LogP contribution >= 0.6 is 0 Å². The number of nitrogens with two attached hydrogens (primary N) is 1. The van der Waals surface area contributed by atoms with Crippen LogP contribution in [0.15, 0.2) is 42.6 Å². The highest BCUT2D eigenvalue weighted by atomic mass is 16.6. The van der Waals surface area contributed by atoms with Crippen LogP contribution in [0.1, 0.15) is 5.56 Å². The first-order valence-electron chi connectivity index (χ1n) is 6.31. The van der Waals surface area contributed by atoms with Crippen molar-refractivity contribution in [2.45, 2.75) is 0 Å². The zero-order valence-electron chi connectivity index (χ0n) is 11.2. The molecule has 0 aliphatic carbocycles. The maximum absolute atomic E-state index is 11.0. The number of nitrogens with zero attached hydrogens (tertiary/aromatic N) is 4. The Morgan fingerprint density at radius 1 is 1.27 bits per heavy atom. The Morgan fingerprint density at radius 3 is 2.82 bits per heavy atom. The van der Waals surface area contributed by atoms with E-state index < -0.39 is 4.92 Å². The minimum atomic E-state index is -0.486. The van der Waals surface area contributed by atoms with Crippen LogP contribution < -0.4 is 5.73 Å². The topological polar surface area (TPSA) is 119 Å². The summed E-state index contributed by atoms with van der Waals surface area (Å²) in [6.07, 6.45) is 1.57. The number of anilines is 1. The number of nitrogen functional groups attached to an aromatic ring is 1. The van der Waals surface area contributed by atoms with E-state index in [2.05, 4.69) is 9.97 Å². The number of nitriles is 1. The fourth-order valence-corrected chi connectivity index (χ4v) is 2.30. The number of non-ortho nitro benzene ring substituents is 1. The Bertz CT molecular complexity index is 946. The second-order valence-corrected chi connectivity index (χ2v) is 4.54. The maximum Gasteiger partial charge on any atom is 0.270 e. The Labute approximate surface area is 124 Å². The van der Waals surface area contributed by atoms with Crippen molar-refractivity contribution >= 4 is 22.5 Å². The molecule has 22 heavy (non-hydrogen) atoms. The van der Waals surface area contributed by atoms with E-state index in [4.69, 9.17) is 5.73 Å². The van der Waals surface area contributed by atoms with Crippen molar-refractivity contribution in [3.63, 3.8) is 0 Å². The molecule has 0 aliphatic rings. The van der Waals surface area contributed by atoms with E-state index in [1.54, 1.807) is 30.5 Å². The van der Waals surface area contributed by atoms with E-state index in [9.17, 15) is 15.4 Å². The molecule has 0 amide bonds. The minimum Gasteiger partial charge on any atom is -0.383 e. The number of nitro groups is 1. The van der Waals surface area contributed by atoms with Crippen LogP contribution in [-0.4, -0.2) is 14.9 Å². The van der Waals surface area contributed by atoms with Gasteiger partial charge in [0, 0.05) is 29.3 Å². The Kier molecular flexibility index (Phi) is 3.12. The second kappa shape index (κ2) is 5.10. The summed E-state index contributed by atoms with van der Waals surface area (Å²) in [4.78, 5) is 18.7. The zero-order valence-corrected chi connectivity index (χ0v) is 11.2. The van der Waals surface area contributed by atoms with Crippen LogP contribution in [0.2, 0.25) is 0 Å². The average molecular weight is 291 g/mol. The molecule has 0 atom stereocenters. The summed E-state index contributed by atoms with van der Waals surface area (Å²) in [5.41, 5.74) is 7.36. The number of nitro benzene ring substituents is 1. The van der Waals surface area contributed by atoms with Gasteiger partial charge in [-0.05, 0) is 17.7 Å². The summed E-state index contributed by atoms with van der Waals surface area (Å²) in [6, 6.07) is 11.5. The number of fused-ring (bicyclic) bond motifs is 1. The average Bonchev–Trinajstić information content (AvgIpc) is 2.53. The van der Waals surface area contributed by atoms with Crippen molar-refractivity contribution in [2.24, 2.45) is 0 Å². The van der Waals surface area contributed by atoms with E-state index in [1.165, 1.54) is 12.1 Å². The van der Waals surface area contributed by atoms with Crippen molar-refractivity contribution in [2.75, 3.05) is 5.73 Å². The summed E-state index contributed by atoms with van der Waals surface area (Å²) in [5.74, 6) is 0.0511. The number of rotatable bonds is 2. The lowest BCUT2D eigenvalue weighted by Crippen LogP contribution is -2.00. The summed E-state index contributed by atoms with van der Waals surface area (Å²) >= 11 is 0. The SMILES string of the molecule is N#Cc1c(N)nc2ncccc2c1-c1cccc([N+](=O)[O-])c1. The molecule has 3 rings (SSSR count). The van der Waals surface area contributed by atoms with Crippen LogP contribution in [0.3, 0.4) is 0 Å². The van der Waals surface area contributed by atoms with Crippen LogP contribution in [0, 0.1) is 21.4 Å². The standard InChI is InChI=1S/C15H9N5O2/c16-8-12-13(9-3-1-4-10(7-9)20(21)22)11-5-2-6-18-15(11)19-14(12)17/h1-7H,(H2,17,18,19). The Balaban J connectivity index is 2.41. The van der Waals surface area contributed by atoms with Crippen LogP contribution in [0.25, 0.3) is 22.2 Å². The molecular formula is C15H9N5O2. The van der Waals surface area contributed by atoms with Crippen molar-refractivity contribution in [1.29, 1.82) is 5.26 Å². The van der Waals surface area contributed by atoms with Crippen molar-refractivity contribution in [1.82, 2.24) is 9.97 Å². The van der Waals surface area contributed by atoms with Gasteiger partial charge in [-0.3, -0.25) is 10.1 Å². The van der Waals surface area contributed by atoms with Gasteiger partial charge in [0.15, 0.2) is 5.65 Å². The highest BCUT2D eigenvalue weighted by Gasteiger charge is 2.17. The third-order valence-corrected chi connectivity index (χ3v) is 3.25. The summed E-state index contributed by atoms with van der Waals surface area (Å²) in [5, 5.41) is 21.0. The first kappa shape index (κ1) is 13.5. The van der Waals surface area contributed by atoms with Crippen LogP contribution in [0.4, 0.5) is 11.5 Å². The van der Waals surface area contributed by atoms with Gasteiger partial charge >= 0.3 is 0 Å². The molecule has 2 N–H and O–H groups in total. The van der Waals surface area contributed by atoms with Gasteiger partial charge < -0.3 is 5.73 Å². The maximum atomic E-state index is 11.0. The number of aromatic nitrogens is 2. The van der Waals surface area contributed by atoms with Crippen molar-refractivity contribution in [3.05, 3.63) is 58.3 Å². The molecule has 0 aliphatic heterocycles. The molecule has 0 saturated carbocycles. The van der Waals surface area contributed by atoms with E-state index in [1.807, 2.05) is 6.07 Å². The van der Waals surface area contributed by atoms with E-state index in [-0.39, 0.29) is 17.1 Å².